The molecule has 0 aromatic heterocycles. The smallest absolute Gasteiger partial charge is 0.317 e. The number of methoxy groups -OCH3 is 1. The van der Waals surface area contributed by atoms with Crippen LogP contribution in [0.15, 0.2) is 24.3 Å². The molecule has 2 saturated heterocycles. The molecule has 0 bridgehead atoms. The van der Waals surface area contributed by atoms with Crippen LogP contribution in [-0.4, -0.2) is 69.5 Å². The van der Waals surface area contributed by atoms with E-state index in [-0.39, 0.29) is 49.0 Å². The van der Waals surface area contributed by atoms with Crippen LogP contribution in [0.5, 0.6) is 5.75 Å². The van der Waals surface area contributed by atoms with Gasteiger partial charge in [-0.2, -0.15) is 0 Å². The number of hydrogen-bond acceptors (Lipinski definition) is 5. The van der Waals surface area contributed by atoms with Crippen molar-refractivity contribution in [2.45, 2.75) is 12.5 Å². The highest BCUT2D eigenvalue weighted by Gasteiger charge is 2.33. The van der Waals surface area contributed by atoms with Crippen molar-refractivity contribution in [3.05, 3.63) is 24.3 Å². The molecular weight excluding hydrogens is 346 g/mol. The van der Waals surface area contributed by atoms with Crippen molar-refractivity contribution in [1.29, 1.82) is 0 Å². The molecule has 2 aliphatic heterocycles. The van der Waals surface area contributed by atoms with Crippen molar-refractivity contribution < 1.29 is 22.7 Å². The van der Waals surface area contributed by atoms with Gasteiger partial charge in [-0.3, -0.25) is 4.79 Å². The maximum atomic E-state index is 12.3. The van der Waals surface area contributed by atoms with Gasteiger partial charge in [-0.1, -0.05) is 0 Å². The van der Waals surface area contributed by atoms with Crippen molar-refractivity contribution in [2.75, 3.05) is 43.1 Å². The first-order valence-corrected chi connectivity index (χ1v) is 9.90. The predicted molar refractivity (Wildman–Crippen MR) is 92.5 cm³/mol. The number of hydrogen-bond donors (Lipinski definition) is 1. The van der Waals surface area contributed by atoms with E-state index < -0.39 is 9.84 Å². The first-order chi connectivity index (χ1) is 11.9. The third-order valence-electron chi connectivity index (χ3n) is 4.47. The van der Waals surface area contributed by atoms with Crippen molar-refractivity contribution in [2.24, 2.45) is 0 Å². The summed E-state index contributed by atoms with van der Waals surface area (Å²) in [4.78, 5) is 27.6. The van der Waals surface area contributed by atoms with Gasteiger partial charge in [0.2, 0.25) is 5.91 Å². The van der Waals surface area contributed by atoms with Crippen LogP contribution in [0.25, 0.3) is 0 Å². The molecule has 25 heavy (non-hydrogen) atoms. The molecule has 1 atom stereocenters. The summed E-state index contributed by atoms with van der Waals surface area (Å²) in [5.74, 6) is 0.626. The van der Waals surface area contributed by atoms with Crippen LogP contribution < -0.4 is 15.0 Å². The standard InChI is InChI=1S/C16H21N3O5S/c1-24-14-4-2-13(3-5-14)19-11-12(10-15(19)20)17-16(21)18-6-8-25(22,23)9-7-18/h2-5,12H,6-11H2,1H3,(H,17,21)/t12-/m1/s1. The summed E-state index contributed by atoms with van der Waals surface area (Å²) in [6, 6.07) is 6.56. The average molecular weight is 367 g/mol. The van der Waals surface area contributed by atoms with E-state index in [0.29, 0.717) is 12.3 Å². The Morgan fingerprint density at radius 2 is 1.84 bits per heavy atom. The molecular formula is C16H21N3O5S. The Morgan fingerprint density at radius 3 is 2.44 bits per heavy atom. The van der Waals surface area contributed by atoms with E-state index in [4.69, 9.17) is 4.74 Å². The molecule has 0 spiro atoms. The molecule has 3 rings (SSSR count). The second-order valence-electron chi connectivity index (χ2n) is 6.19. The monoisotopic (exact) mass is 367 g/mol. The van der Waals surface area contributed by atoms with E-state index in [9.17, 15) is 18.0 Å². The zero-order valence-corrected chi connectivity index (χ0v) is 14.8. The second-order valence-corrected chi connectivity index (χ2v) is 8.50. The zero-order chi connectivity index (χ0) is 18.0. The van der Waals surface area contributed by atoms with Crippen LogP contribution in [0.2, 0.25) is 0 Å². The van der Waals surface area contributed by atoms with Gasteiger partial charge in [0.25, 0.3) is 0 Å². The lowest BCUT2D eigenvalue weighted by Crippen LogP contribution is -2.51. The molecule has 0 aliphatic carbocycles. The zero-order valence-electron chi connectivity index (χ0n) is 14.0. The summed E-state index contributed by atoms with van der Waals surface area (Å²) in [6.07, 6.45) is 0.226. The number of carbonyl (C=O) groups excluding carboxylic acids is 2. The Bertz CT molecular complexity index is 748. The summed E-state index contributed by atoms with van der Waals surface area (Å²) in [5.41, 5.74) is 0.756. The van der Waals surface area contributed by atoms with Crippen molar-refractivity contribution in [3.8, 4) is 5.75 Å². The van der Waals surface area contributed by atoms with Gasteiger partial charge in [0.05, 0.1) is 24.7 Å². The topological polar surface area (TPSA) is 96.0 Å². The molecule has 1 aromatic rings. The highest BCUT2D eigenvalue weighted by molar-refractivity contribution is 7.91. The quantitative estimate of drug-likeness (QED) is 0.826. The summed E-state index contributed by atoms with van der Waals surface area (Å²) < 4.78 is 28.0. The molecule has 0 radical (unpaired) electrons. The van der Waals surface area contributed by atoms with Crippen molar-refractivity contribution in [1.82, 2.24) is 10.2 Å². The lowest BCUT2D eigenvalue weighted by atomic mass is 10.2. The fraction of sp³-hybridized carbons (Fsp3) is 0.500. The predicted octanol–water partition coefficient (Wildman–Crippen LogP) is 0.241. The lowest BCUT2D eigenvalue weighted by molar-refractivity contribution is -0.117. The van der Waals surface area contributed by atoms with Gasteiger partial charge in [0.1, 0.15) is 5.75 Å². The number of anilines is 1. The van der Waals surface area contributed by atoms with Gasteiger partial charge in [-0.05, 0) is 24.3 Å². The number of sulfone groups is 1. The van der Waals surface area contributed by atoms with Crippen LogP contribution in [-0.2, 0) is 14.6 Å². The maximum Gasteiger partial charge on any atom is 0.317 e. The summed E-state index contributed by atoms with van der Waals surface area (Å²) in [7, 11) is -1.45. The minimum atomic E-state index is -3.03. The molecule has 2 heterocycles. The minimum absolute atomic E-state index is 0.0119. The number of benzene rings is 1. The Morgan fingerprint density at radius 1 is 1.20 bits per heavy atom. The third-order valence-corrected chi connectivity index (χ3v) is 6.08. The first kappa shape index (κ1) is 17.5. The average Bonchev–Trinajstić information content (AvgIpc) is 2.95. The van der Waals surface area contributed by atoms with E-state index in [1.165, 1.54) is 4.90 Å². The molecule has 136 valence electrons. The Hall–Kier alpha value is -2.29. The number of ether oxygens (including phenoxy) is 1. The van der Waals surface area contributed by atoms with E-state index in [2.05, 4.69) is 5.32 Å². The SMILES string of the molecule is COc1ccc(N2C[C@H](NC(=O)N3CCS(=O)(=O)CC3)CC2=O)cc1. The van der Waals surface area contributed by atoms with Crippen molar-refractivity contribution >= 4 is 27.5 Å². The molecule has 3 amide bonds. The van der Waals surface area contributed by atoms with Gasteiger partial charge in [0.15, 0.2) is 9.84 Å². The molecule has 2 fully saturated rings. The van der Waals surface area contributed by atoms with Crippen LogP contribution in [0.1, 0.15) is 6.42 Å². The Kier molecular flexibility index (Phi) is 4.85. The Balaban J connectivity index is 1.58. The van der Waals surface area contributed by atoms with E-state index >= 15 is 0 Å². The first-order valence-electron chi connectivity index (χ1n) is 8.08. The van der Waals surface area contributed by atoms with Crippen LogP contribution in [0.4, 0.5) is 10.5 Å². The molecule has 1 N–H and O–H groups in total. The number of nitrogens with one attached hydrogen (secondary N) is 1. The number of amides is 3. The number of carbonyl (C=O) groups is 2. The van der Waals surface area contributed by atoms with E-state index in [0.717, 1.165) is 5.69 Å². The normalized spacial score (nSPS) is 22.8. The molecule has 0 unspecified atom stereocenters. The third kappa shape index (κ3) is 4.04. The molecule has 2 aliphatic rings. The lowest BCUT2D eigenvalue weighted by Gasteiger charge is -2.28. The second kappa shape index (κ2) is 6.91. The van der Waals surface area contributed by atoms with Crippen LogP contribution in [0, 0.1) is 0 Å². The maximum absolute atomic E-state index is 12.3. The minimum Gasteiger partial charge on any atom is -0.497 e. The van der Waals surface area contributed by atoms with Gasteiger partial charge >= 0.3 is 6.03 Å². The fourth-order valence-corrected chi connectivity index (χ4v) is 4.20. The molecule has 0 saturated carbocycles. The number of nitrogens with zero attached hydrogens (tertiary/aromatic N) is 2. The van der Waals surface area contributed by atoms with Crippen LogP contribution >= 0.6 is 0 Å². The summed E-state index contributed by atoms with van der Waals surface area (Å²) in [6.45, 7) is 0.775. The Labute approximate surface area is 146 Å². The fourth-order valence-electron chi connectivity index (χ4n) is 3.00. The van der Waals surface area contributed by atoms with Gasteiger partial charge in [0, 0.05) is 31.7 Å². The largest absolute Gasteiger partial charge is 0.497 e. The number of urea groups is 1. The van der Waals surface area contributed by atoms with Gasteiger partial charge in [-0.25, -0.2) is 13.2 Å². The highest BCUT2D eigenvalue weighted by Crippen LogP contribution is 2.24. The molecule has 1 aromatic carbocycles. The summed E-state index contributed by atoms with van der Waals surface area (Å²) in [5, 5.41) is 2.83. The molecule has 8 nitrogen and oxygen atoms in total. The van der Waals surface area contributed by atoms with Gasteiger partial charge < -0.3 is 19.9 Å². The number of rotatable bonds is 3. The van der Waals surface area contributed by atoms with E-state index in [1.54, 1.807) is 36.3 Å². The van der Waals surface area contributed by atoms with Gasteiger partial charge in [-0.15, -0.1) is 0 Å². The summed E-state index contributed by atoms with van der Waals surface area (Å²) >= 11 is 0. The van der Waals surface area contributed by atoms with Crippen LogP contribution in [0.3, 0.4) is 0 Å². The van der Waals surface area contributed by atoms with E-state index in [1.807, 2.05) is 0 Å². The van der Waals surface area contributed by atoms with Crippen molar-refractivity contribution in [3.63, 3.8) is 0 Å². The molecule has 9 heteroatoms. The highest BCUT2D eigenvalue weighted by atomic mass is 32.2.